The monoisotopic (exact) mass is 247 g/mol. The molecule has 1 aliphatic heterocycles. The van der Waals surface area contributed by atoms with Gasteiger partial charge >= 0.3 is 5.97 Å². The molecule has 1 aromatic rings. The summed E-state index contributed by atoms with van der Waals surface area (Å²) in [7, 11) is 1.35. The zero-order valence-electron chi connectivity index (χ0n) is 10.6. The molecule has 96 valence electrons. The highest BCUT2D eigenvalue weighted by molar-refractivity contribution is 5.92. The predicted octanol–water partition coefficient (Wildman–Crippen LogP) is 1.25. The minimum absolute atomic E-state index is 0.00857. The first-order valence-corrected chi connectivity index (χ1v) is 6.02. The van der Waals surface area contributed by atoms with Gasteiger partial charge < -0.3 is 4.74 Å². The standard InChI is InChI=1S/C14H17NO3/c1-10(16)12-8-9-15-14(12,13(17)18-2)11-6-4-3-5-7-11/h3-7,12,15H,8-9H2,1-2H3/t12-,14-/m1/s1. The predicted molar refractivity (Wildman–Crippen MR) is 66.9 cm³/mol. The van der Waals surface area contributed by atoms with Crippen molar-refractivity contribution >= 4 is 11.8 Å². The molecule has 0 aromatic heterocycles. The zero-order chi connectivity index (χ0) is 13.2. The minimum atomic E-state index is -1.03. The summed E-state index contributed by atoms with van der Waals surface area (Å²) in [5.41, 5.74) is -0.239. The summed E-state index contributed by atoms with van der Waals surface area (Å²) in [6.45, 7) is 2.16. The SMILES string of the molecule is COC(=O)[C@]1(c2ccccc2)NCC[C@@H]1C(C)=O. The van der Waals surface area contributed by atoms with Gasteiger partial charge in [-0.2, -0.15) is 0 Å². The van der Waals surface area contributed by atoms with Crippen molar-refractivity contribution in [3.05, 3.63) is 35.9 Å². The van der Waals surface area contributed by atoms with Gasteiger partial charge in [0.15, 0.2) is 5.54 Å². The first-order valence-electron chi connectivity index (χ1n) is 6.02. The molecule has 0 saturated carbocycles. The average Bonchev–Trinajstić information content (AvgIpc) is 2.84. The summed E-state index contributed by atoms with van der Waals surface area (Å²) < 4.78 is 4.92. The lowest BCUT2D eigenvalue weighted by atomic mass is 9.77. The molecule has 1 aromatic carbocycles. The largest absolute Gasteiger partial charge is 0.467 e. The fourth-order valence-corrected chi connectivity index (χ4v) is 2.76. The van der Waals surface area contributed by atoms with Gasteiger partial charge in [-0.25, -0.2) is 4.79 Å². The Labute approximate surface area is 106 Å². The Bertz CT molecular complexity index is 457. The summed E-state index contributed by atoms with van der Waals surface area (Å²) in [6.07, 6.45) is 0.652. The highest BCUT2D eigenvalue weighted by Gasteiger charge is 2.53. The lowest BCUT2D eigenvalue weighted by Gasteiger charge is -2.32. The van der Waals surface area contributed by atoms with E-state index in [0.29, 0.717) is 13.0 Å². The molecule has 1 saturated heterocycles. The number of hydrogen-bond donors (Lipinski definition) is 1. The topological polar surface area (TPSA) is 55.4 Å². The molecule has 4 nitrogen and oxygen atoms in total. The number of rotatable bonds is 3. The second-order valence-corrected chi connectivity index (χ2v) is 4.54. The number of methoxy groups -OCH3 is 1. The molecule has 1 aliphatic rings. The molecular weight excluding hydrogens is 230 g/mol. The molecule has 1 heterocycles. The van der Waals surface area contributed by atoms with E-state index in [-0.39, 0.29) is 11.7 Å². The van der Waals surface area contributed by atoms with E-state index in [1.807, 2.05) is 30.3 Å². The maximum absolute atomic E-state index is 12.2. The number of hydrogen-bond acceptors (Lipinski definition) is 4. The molecule has 4 heteroatoms. The lowest BCUT2D eigenvalue weighted by Crippen LogP contribution is -2.51. The molecule has 0 amide bonds. The summed E-state index contributed by atoms with van der Waals surface area (Å²) >= 11 is 0. The van der Waals surface area contributed by atoms with Crippen molar-refractivity contribution in [3.63, 3.8) is 0 Å². The van der Waals surface area contributed by atoms with Crippen LogP contribution in [0.3, 0.4) is 0 Å². The second-order valence-electron chi connectivity index (χ2n) is 4.54. The van der Waals surface area contributed by atoms with Gasteiger partial charge in [0.1, 0.15) is 5.78 Å². The molecule has 1 fully saturated rings. The van der Waals surface area contributed by atoms with E-state index in [1.54, 1.807) is 0 Å². The van der Waals surface area contributed by atoms with Crippen LogP contribution in [0.25, 0.3) is 0 Å². The Morgan fingerprint density at radius 1 is 1.33 bits per heavy atom. The van der Waals surface area contributed by atoms with Crippen molar-refractivity contribution in [1.29, 1.82) is 0 Å². The molecular formula is C14H17NO3. The van der Waals surface area contributed by atoms with Crippen LogP contribution in [0, 0.1) is 5.92 Å². The third-order valence-corrected chi connectivity index (χ3v) is 3.59. The first-order chi connectivity index (χ1) is 8.63. The van der Waals surface area contributed by atoms with Crippen LogP contribution >= 0.6 is 0 Å². The van der Waals surface area contributed by atoms with Crippen molar-refractivity contribution in [1.82, 2.24) is 5.32 Å². The fourth-order valence-electron chi connectivity index (χ4n) is 2.76. The van der Waals surface area contributed by atoms with Crippen LogP contribution in [0.15, 0.2) is 30.3 Å². The molecule has 2 rings (SSSR count). The van der Waals surface area contributed by atoms with E-state index in [9.17, 15) is 9.59 Å². The van der Waals surface area contributed by atoms with Crippen LogP contribution in [0.1, 0.15) is 18.9 Å². The molecule has 2 atom stereocenters. The van der Waals surface area contributed by atoms with Crippen molar-refractivity contribution < 1.29 is 14.3 Å². The molecule has 0 bridgehead atoms. The molecule has 0 aliphatic carbocycles. The molecule has 1 N–H and O–H groups in total. The smallest absolute Gasteiger partial charge is 0.331 e. The van der Waals surface area contributed by atoms with E-state index in [0.717, 1.165) is 5.56 Å². The van der Waals surface area contributed by atoms with Crippen molar-refractivity contribution in [2.45, 2.75) is 18.9 Å². The maximum atomic E-state index is 12.2. The third kappa shape index (κ3) is 1.82. The maximum Gasteiger partial charge on any atom is 0.331 e. The van der Waals surface area contributed by atoms with E-state index in [1.165, 1.54) is 14.0 Å². The normalized spacial score (nSPS) is 26.9. The zero-order valence-corrected chi connectivity index (χ0v) is 10.6. The number of benzene rings is 1. The van der Waals surface area contributed by atoms with E-state index >= 15 is 0 Å². The fraction of sp³-hybridized carbons (Fsp3) is 0.429. The number of nitrogens with one attached hydrogen (secondary N) is 1. The quantitative estimate of drug-likeness (QED) is 0.817. The van der Waals surface area contributed by atoms with Gasteiger partial charge in [-0.3, -0.25) is 10.1 Å². The van der Waals surface area contributed by atoms with Crippen LogP contribution in [-0.4, -0.2) is 25.4 Å². The van der Waals surface area contributed by atoms with Gasteiger partial charge in [0, 0.05) is 0 Å². The van der Waals surface area contributed by atoms with Gasteiger partial charge in [0.25, 0.3) is 0 Å². The van der Waals surface area contributed by atoms with Crippen LogP contribution in [0.5, 0.6) is 0 Å². The Morgan fingerprint density at radius 2 is 2.00 bits per heavy atom. The lowest BCUT2D eigenvalue weighted by molar-refractivity contribution is -0.152. The van der Waals surface area contributed by atoms with Gasteiger partial charge in [-0.15, -0.1) is 0 Å². The van der Waals surface area contributed by atoms with Crippen LogP contribution in [0.2, 0.25) is 0 Å². The Morgan fingerprint density at radius 3 is 2.56 bits per heavy atom. The Kier molecular flexibility index (Phi) is 3.48. The summed E-state index contributed by atoms with van der Waals surface area (Å²) in [4.78, 5) is 24.0. The number of esters is 1. The molecule has 0 spiro atoms. The minimum Gasteiger partial charge on any atom is -0.467 e. The van der Waals surface area contributed by atoms with E-state index < -0.39 is 11.5 Å². The van der Waals surface area contributed by atoms with Gasteiger partial charge in [0.05, 0.1) is 13.0 Å². The van der Waals surface area contributed by atoms with Crippen LogP contribution in [-0.2, 0) is 19.9 Å². The van der Waals surface area contributed by atoms with Crippen LogP contribution in [0.4, 0.5) is 0 Å². The van der Waals surface area contributed by atoms with E-state index in [4.69, 9.17) is 4.74 Å². The van der Waals surface area contributed by atoms with Crippen molar-refractivity contribution in [2.24, 2.45) is 5.92 Å². The van der Waals surface area contributed by atoms with Crippen molar-refractivity contribution in [2.75, 3.05) is 13.7 Å². The number of carbonyl (C=O) groups is 2. The van der Waals surface area contributed by atoms with Gasteiger partial charge in [-0.05, 0) is 25.5 Å². The molecule has 0 unspecified atom stereocenters. The highest BCUT2D eigenvalue weighted by Crippen LogP contribution is 2.38. The highest BCUT2D eigenvalue weighted by atomic mass is 16.5. The molecule has 18 heavy (non-hydrogen) atoms. The Balaban J connectivity index is 2.54. The molecule has 0 radical (unpaired) electrons. The second kappa shape index (κ2) is 4.90. The number of ketones is 1. The average molecular weight is 247 g/mol. The van der Waals surface area contributed by atoms with Crippen molar-refractivity contribution in [3.8, 4) is 0 Å². The summed E-state index contributed by atoms with van der Waals surface area (Å²) in [6, 6.07) is 9.30. The number of Topliss-reactive ketones (excluding diaryl/α,β-unsaturated/α-hetero) is 1. The number of carbonyl (C=O) groups excluding carboxylic acids is 2. The van der Waals surface area contributed by atoms with Gasteiger partial charge in [-0.1, -0.05) is 30.3 Å². The number of ether oxygens (including phenoxy) is 1. The Hall–Kier alpha value is -1.68. The summed E-state index contributed by atoms with van der Waals surface area (Å²) in [5.74, 6) is -0.756. The first kappa shape index (κ1) is 12.8. The van der Waals surface area contributed by atoms with E-state index in [2.05, 4.69) is 5.32 Å². The third-order valence-electron chi connectivity index (χ3n) is 3.59. The van der Waals surface area contributed by atoms with Crippen LogP contribution < -0.4 is 5.32 Å². The summed E-state index contributed by atoms with van der Waals surface area (Å²) in [5, 5.41) is 3.17. The van der Waals surface area contributed by atoms with Gasteiger partial charge in [0.2, 0.25) is 0 Å².